The molecule has 0 aromatic rings. The maximum absolute atomic E-state index is 12.5. The predicted molar refractivity (Wildman–Crippen MR) is 125 cm³/mol. The molecule has 0 saturated carbocycles. The molecule has 2 heterocycles. The predicted octanol–water partition coefficient (Wildman–Crippen LogP) is 1.04. The highest BCUT2D eigenvalue weighted by molar-refractivity contribution is 14.0. The highest BCUT2D eigenvalue weighted by Crippen LogP contribution is 2.16. The van der Waals surface area contributed by atoms with Crippen LogP contribution in [0.25, 0.3) is 0 Å². The zero-order valence-corrected chi connectivity index (χ0v) is 20.9. The molecule has 1 unspecified atom stereocenters. The van der Waals surface area contributed by atoms with Gasteiger partial charge in [0.1, 0.15) is 0 Å². The van der Waals surface area contributed by atoms with Gasteiger partial charge in [0.2, 0.25) is 10.0 Å². The van der Waals surface area contributed by atoms with E-state index in [2.05, 4.69) is 27.0 Å². The van der Waals surface area contributed by atoms with Crippen molar-refractivity contribution in [2.75, 3.05) is 65.2 Å². The molecule has 10 heteroatoms. The van der Waals surface area contributed by atoms with Gasteiger partial charge in [0.05, 0.1) is 18.5 Å². The van der Waals surface area contributed by atoms with E-state index in [0.717, 1.165) is 19.0 Å². The second kappa shape index (κ2) is 12.5. The van der Waals surface area contributed by atoms with Crippen molar-refractivity contribution in [3.05, 3.63) is 0 Å². The van der Waals surface area contributed by atoms with Crippen molar-refractivity contribution in [2.45, 2.75) is 45.8 Å². The third-order valence-electron chi connectivity index (χ3n) is 5.34. The van der Waals surface area contributed by atoms with E-state index in [4.69, 9.17) is 4.74 Å². The number of sulfonamides is 1. The molecule has 8 nitrogen and oxygen atoms in total. The number of rotatable bonds is 8. The molecule has 0 bridgehead atoms. The number of likely N-dealkylation sites (tertiary alicyclic amines) is 1. The lowest BCUT2D eigenvalue weighted by Crippen LogP contribution is -2.55. The van der Waals surface area contributed by atoms with Gasteiger partial charge in [-0.2, -0.15) is 4.31 Å². The summed E-state index contributed by atoms with van der Waals surface area (Å²) in [5.74, 6) is 0.922. The maximum Gasteiger partial charge on any atom is 0.216 e. The number of piperazine rings is 1. The van der Waals surface area contributed by atoms with Crippen LogP contribution in [0.4, 0.5) is 0 Å². The van der Waals surface area contributed by atoms with Gasteiger partial charge in [0.15, 0.2) is 5.96 Å². The fraction of sp³-hybridized carbons (Fsp3) is 0.944. The van der Waals surface area contributed by atoms with E-state index in [-0.39, 0.29) is 42.4 Å². The number of hydrogen-bond donors (Lipinski definition) is 1. The minimum atomic E-state index is -3.26. The molecule has 0 aliphatic carbocycles. The molecule has 1 atom stereocenters. The molecule has 2 fully saturated rings. The molecule has 2 saturated heterocycles. The summed E-state index contributed by atoms with van der Waals surface area (Å²) in [5, 5.41) is 3.49. The van der Waals surface area contributed by atoms with Crippen LogP contribution in [-0.2, 0) is 14.8 Å². The molecule has 0 radical (unpaired) electrons. The van der Waals surface area contributed by atoms with Crippen molar-refractivity contribution in [3.63, 3.8) is 0 Å². The van der Waals surface area contributed by atoms with Crippen molar-refractivity contribution in [2.24, 2.45) is 4.99 Å². The molecule has 0 aromatic heterocycles. The van der Waals surface area contributed by atoms with Crippen LogP contribution in [0.1, 0.15) is 33.6 Å². The first-order valence-corrected chi connectivity index (χ1v) is 11.8. The molecule has 0 spiro atoms. The minimum Gasteiger partial charge on any atom is -0.378 e. The Bertz CT molecular complexity index is 580. The molecule has 1 N–H and O–H groups in total. The molecule has 2 rings (SSSR count). The van der Waals surface area contributed by atoms with Crippen LogP contribution < -0.4 is 5.32 Å². The number of likely N-dealkylation sites (N-methyl/N-ethyl adjacent to an activating group) is 1. The maximum atomic E-state index is 12.5. The fourth-order valence-electron chi connectivity index (χ4n) is 3.78. The number of ether oxygens (including phenoxy) is 1. The van der Waals surface area contributed by atoms with Crippen LogP contribution >= 0.6 is 24.0 Å². The van der Waals surface area contributed by atoms with Gasteiger partial charge in [0, 0.05) is 45.8 Å². The molecule has 28 heavy (non-hydrogen) atoms. The molecule has 2 aliphatic rings. The van der Waals surface area contributed by atoms with Gasteiger partial charge in [-0.05, 0) is 39.8 Å². The number of aliphatic imine (C=N–C) groups is 1. The van der Waals surface area contributed by atoms with Gasteiger partial charge in [-0.15, -0.1) is 24.0 Å². The van der Waals surface area contributed by atoms with Gasteiger partial charge in [0.25, 0.3) is 0 Å². The van der Waals surface area contributed by atoms with Crippen molar-refractivity contribution >= 4 is 40.0 Å². The van der Waals surface area contributed by atoms with E-state index in [0.29, 0.717) is 32.2 Å². The first-order chi connectivity index (χ1) is 12.9. The van der Waals surface area contributed by atoms with Crippen molar-refractivity contribution in [1.82, 2.24) is 19.4 Å². The van der Waals surface area contributed by atoms with Gasteiger partial charge in [-0.3, -0.25) is 9.89 Å². The highest BCUT2D eigenvalue weighted by Gasteiger charge is 2.29. The van der Waals surface area contributed by atoms with Crippen molar-refractivity contribution in [3.8, 4) is 0 Å². The third-order valence-corrected chi connectivity index (χ3v) is 7.17. The highest BCUT2D eigenvalue weighted by atomic mass is 127. The summed E-state index contributed by atoms with van der Waals surface area (Å²) in [4.78, 5) is 9.06. The standard InChI is InChI=1S/C18H37N5O3S.HI/c1-5-21-8-6-7-17(21)15-20-18(19-4)22-9-11-23(12-10-22)27(24,25)14-13-26-16(2)3;/h16-17H,5-15H2,1-4H3,(H,19,20);1H. The number of guanidine groups is 1. The van der Waals surface area contributed by atoms with Crippen LogP contribution in [-0.4, -0.2) is 106 Å². The first-order valence-electron chi connectivity index (χ1n) is 10.2. The molecular weight excluding hydrogens is 493 g/mol. The Morgan fingerprint density at radius 3 is 2.46 bits per heavy atom. The van der Waals surface area contributed by atoms with Gasteiger partial charge >= 0.3 is 0 Å². The van der Waals surface area contributed by atoms with Crippen LogP contribution in [0.5, 0.6) is 0 Å². The Labute approximate surface area is 188 Å². The second-order valence-corrected chi connectivity index (χ2v) is 9.56. The SMILES string of the molecule is CCN1CCCC1CNC(=NC)N1CCN(S(=O)(=O)CCOC(C)C)CC1.I. The zero-order chi connectivity index (χ0) is 19.9. The normalized spacial score (nSPS) is 22.5. The molecule has 166 valence electrons. The quantitative estimate of drug-likeness (QED) is 0.287. The Kier molecular flexibility index (Phi) is 11.6. The monoisotopic (exact) mass is 531 g/mol. The number of nitrogens with zero attached hydrogens (tertiary/aromatic N) is 4. The lowest BCUT2D eigenvalue weighted by atomic mass is 10.2. The van der Waals surface area contributed by atoms with Crippen molar-refractivity contribution < 1.29 is 13.2 Å². The van der Waals surface area contributed by atoms with Crippen LogP contribution in [0.3, 0.4) is 0 Å². The van der Waals surface area contributed by atoms with E-state index in [1.807, 2.05) is 13.8 Å². The van der Waals surface area contributed by atoms with E-state index in [9.17, 15) is 8.42 Å². The Balaban J connectivity index is 0.00000392. The number of halogens is 1. The summed E-state index contributed by atoms with van der Waals surface area (Å²) in [6.45, 7) is 11.7. The van der Waals surface area contributed by atoms with Gasteiger partial charge in [-0.25, -0.2) is 8.42 Å². The van der Waals surface area contributed by atoms with E-state index in [1.54, 1.807) is 11.4 Å². The summed E-state index contributed by atoms with van der Waals surface area (Å²) in [7, 11) is -1.46. The molecular formula is C18H38IN5O3S. The summed E-state index contributed by atoms with van der Waals surface area (Å²) in [5.41, 5.74) is 0. The second-order valence-electron chi connectivity index (χ2n) is 7.47. The number of nitrogens with one attached hydrogen (secondary N) is 1. The van der Waals surface area contributed by atoms with E-state index in [1.165, 1.54) is 19.4 Å². The summed E-state index contributed by atoms with van der Waals surface area (Å²) in [6, 6.07) is 0.564. The first kappa shape index (κ1) is 25.9. The molecule has 2 aliphatic heterocycles. The van der Waals surface area contributed by atoms with Crippen LogP contribution in [0.2, 0.25) is 0 Å². The summed E-state index contributed by atoms with van der Waals surface area (Å²) in [6.07, 6.45) is 2.54. The van der Waals surface area contributed by atoms with Crippen LogP contribution in [0.15, 0.2) is 4.99 Å². The average Bonchev–Trinajstić information content (AvgIpc) is 3.10. The minimum absolute atomic E-state index is 0. The zero-order valence-electron chi connectivity index (χ0n) is 17.8. The lowest BCUT2D eigenvalue weighted by Gasteiger charge is -2.36. The largest absolute Gasteiger partial charge is 0.378 e. The third kappa shape index (κ3) is 7.58. The lowest BCUT2D eigenvalue weighted by molar-refractivity contribution is 0.0904. The molecule has 0 aromatic carbocycles. The topological polar surface area (TPSA) is 77.5 Å². The Morgan fingerprint density at radius 2 is 1.89 bits per heavy atom. The summed E-state index contributed by atoms with van der Waals surface area (Å²) < 4.78 is 31.9. The Hall–Kier alpha value is -0.170. The molecule has 0 amide bonds. The van der Waals surface area contributed by atoms with E-state index < -0.39 is 10.0 Å². The van der Waals surface area contributed by atoms with Gasteiger partial charge in [-0.1, -0.05) is 6.92 Å². The van der Waals surface area contributed by atoms with Crippen molar-refractivity contribution in [1.29, 1.82) is 0 Å². The summed E-state index contributed by atoms with van der Waals surface area (Å²) >= 11 is 0. The van der Waals surface area contributed by atoms with Gasteiger partial charge < -0.3 is 15.0 Å². The average molecular weight is 532 g/mol. The Morgan fingerprint density at radius 1 is 1.21 bits per heavy atom. The van der Waals surface area contributed by atoms with Crippen LogP contribution in [0, 0.1) is 0 Å². The fourth-order valence-corrected chi connectivity index (χ4v) is 5.06. The number of hydrogen-bond acceptors (Lipinski definition) is 5. The van der Waals surface area contributed by atoms with E-state index >= 15 is 0 Å². The smallest absolute Gasteiger partial charge is 0.216 e.